The van der Waals surface area contributed by atoms with Crippen molar-refractivity contribution < 1.29 is 9.47 Å². The normalized spacial score (nSPS) is 24.7. The van der Waals surface area contributed by atoms with Gasteiger partial charge in [0, 0.05) is 31.1 Å². The largest absolute Gasteiger partial charge is 0.352 e. The van der Waals surface area contributed by atoms with Crippen LogP contribution in [0.1, 0.15) is 40.0 Å². The summed E-state index contributed by atoms with van der Waals surface area (Å²) in [5.74, 6) is 1.21. The molecule has 0 aromatic carbocycles. The molecule has 3 nitrogen and oxygen atoms in total. The zero-order valence-electron chi connectivity index (χ0n) is 11.4. The van der Waals surface area contributed by atoms with Gasteiger partial charge in [-0.25, -0.2) is 0 Å². The molecule has 1 aliphatic rings. The minimum atomic E-state index is -0.0853. The highest BCUT2D eigenvalue weighted by Crippen LogP contribution is 2.29. The molecule has 17 heavy (non-hydrogen) atoms. The summed E-state index contributed by atoms with van der Waals surface area (Å²) in [6, 6.07) is 0.642. The van der Waals surface area contributed by atoms with Gasteiger partial charge in [-0.2, -0.15) is 11.8 Å². The predicted molar refractivity (Wildman–Crippen MR) is 74.6 cm³/mol. The van der Waals surface area contributed by atoms with E-state index < -0.39 is 0 Å². The monoisotopic (exact) mass is 261 g/mol. The Hall–Kier alpha value is 0.230. The van der Waals surface area contributed by atoms with Crippen molar-refractivity contribution in [1.29, 1.82) is 0 Å². The van der Waals surface area contributed by atoms with Crippen molar-refractivity contribution in [3.8, 4) is 0 Å². The van der Waals surface area contributed by atoms with E-state index >= 15 is 0 Å². The van der Waals surface area contributed by atoms with Gasteiger partial charge in [-0.05, 0) is 32.4 Å². The third-order valence-electron chi connectivity index (χ3n) is 3.09. The highest BCUT2D eigenvalue weighted by Gasteiger charge is 2.27. The van der Waals surface area contributed by atoms with Crippen LogP contribution in [0.4, 0.5) is 0 Å². The third-order valence-corrected chi connectivity index (χ3v) is 4.41. The van der Waals surface area contributed by atoms with Crippen LogP contribution < -0.4 is 5.32 Å². The second-order valence-electron chi connectivity index (χ2n) is 4.28. The molecule has 2 atom stereocenters. The molecule has 0 bridgehead atoms. The lowest BCUT2D eigenvalue weighted by atomic mass is 10.2. The maximum atomic E-state index is 5.55. The molecule has 1 saturated carbocycles. The summed E-state index contributed by atoms with van der Waals surface area (Å²) in [4.78, 5) is 0. The number of rotatable bonds is 9. The Morgan fingerprint density at radius 3 is 2.47 bits per heavy atom. The van der Waals surface area contributed by atoms with Crippen LogP contribution in [0.3, 0.4) is 0 Å². The summed E-state index contributed by atoms with van der Waals surface area (Å²) in [7, 11) is 0. The molecule has 2 unspecified atom stereocenters. The van der Waals surface area contributed by atoms with Crippen molar-refractivity contribution in [2.24, 2.45) is 0 Å². The Bertz CT molecular complexity index is 186. The van der Waals surface area contributed by atoms with Gasteiger partial charge in [0.15, 0.2) is 6.29 Å². The van der Waals surface area contributed by atoms with E-state index in [1.807, 2.05) is 13.8 Å². The Balaban J connectivity index is 2.26. The predicted octanol–water partition coefficient (Wildman–Crippen LogP) is 2.65. The Labute approximate surface area is 110 Å². The topological polar surface area (TPSA) is 30.5 Å². The van der Waals surface area contributed by atoms with Crippen molar-refractivity contribution >= 4 is 11.8 Å². The molecule has 0 amide bonds. The SMILES string of the molecule is CCOC(CNC1CCCC1SCC)OCC. The van der Waals surface area contributed by atoms with Crippen molar-refractivity contribution in [2.75, 3.05) is 25.5 Å². The number of thioether (sulfide) groups is 1. The number of ether oxygens (including phenoxy) is 2. The summed E-state index contributed by atoms with van der Waals surface area (Å²) in [6.07, 6.45) is 3.91. The molecule has 1 rings (SSSR count). The van der Waals surface area contributed by atoms with E-state index in [2.05, 4.69) is 24.0 Å². The van der Waals surface area contributed by atoms with E-state index in [0.717, 1.165) is 11.8 Å². The van der Waals surface area contributed by atoms with E-state index in [-0.39, 0.29) is 6.29 Å². The van der Waals surface area contributed by atoms with Crippen LogP contribution in [0.5, 0.6) is 0 Å². The lowest BCUT2D eigenvalue weighted by molar-refractivity contribution is -0.133. The maximum absolute atomic E-state index is 5.55. The fourth-order valence-electron chi connectivity index (χ4n) is 2.36. The molecule has 0 heterocycles. The van der Waals surface area contributed by atoms with Gasteiger partial charge in [0.05, 0.1) is 0 Å². The first-order chi connectivity index (χ1) is 8.31. The van der Waals surface area contributed by atoms with Crippen LogP contribution in [0.2, 0.25) is 0 Å². The first-order valence-corrected chi connectivity index (χ1v) is 7.94. The number of hydrogen-bond acceptors (Lipinski definition) is 4. The summed E-state index contributed by atoms with van der Waals surface area (Å²) >= 11 is 2.08. The van der Waals surface area contributed by atoms with Crippen molar-refractivity contribution in [3.63, 3.8) is 0 Å². The van der Waals surface area contributed by atoms with Crippen LogP contribution in [-0.4, -0.2) is 43.1 Å². The Morgan fingerprint density at radius 1 is 1.18 bits per heavy atom. The van der Waals surface area contributed by atoms with Gasteiger partial charge in [0.25, 0.3) is 0 Å². The molecule has 1 N–H and O–H groups in total. The average molecular weight is 261 g/mol. The molecule has 0 aromatic heterocycles. The molecular formula is C13H27NO2S. The molecule has 102 valence electrons. The lowest BCUT2D eigenvalue weighted by Crippen LogP contribution is -2.41. The van der Waals surface area contributed by atoms with Crippen molar-refractivity contribution in [1.82, 2.24) is 5.32 Å². The zero-order valence-corrected chi connectivity index (χ0v) is 12.2. The molecule has 4 heteroatoms. The summed E-state index contributed by atoms with van der Waals surface area (Å²) in [5, 5.41) is 4.40. The third kappa shape index (κ3) is 5.60. The van der Waals surface area contributed by atoms with E-state index in [1.165, 1.54) is 25.0 Å². The average Bonchev–Trinajstić information content (AvgIpc) is 2.75. The van der Waals surface area contributed by atoms with E-state index in [0.29, 0.717) is 19.3 Å². The standard InChI is InChI=1S/C13H27NO2S/c1-4-15-13(16-5-2)10-14-11-8-7-9-12(11)17-6-3/h11-14H,4-10H2,1-3H3. The molecular weight excluding hydrogens is 234 g/mol. The van der Waals surface area contributed by atoms with Gasteiger partial charge in [0.1, 0.15) is 0 Å². The maximum Gasteiger partial charge on any atom is 0.169 e. The molecule has 0 saturated heterocycles. The summed E-state index contributed by atoms with van der Waals surface area (Å²) in [5.41, 5.74) is 0. The molecule has 1 aliphatic carbocycles. The van der Waals surface area contributed by atoms with Crippen molar-refractivity contribution in [3.05, 3.63) is 0 Å². The number of nitrogens with one attached hydrogen (secondary N) is 1. The van der Waals surface area contributed by atoms with Crippen LogP contribution >= 0.6 is 11.8 Å². The van der Waals surface area contributed by atoms with Crippen LogP contribution in [0.15, 0.2) is 0 Å². The fraction of sp³-hybridized carbons (Fsp3) is 1.00. The minimum Gasteiger partial charge on any atom is -0.352 e. The molecule has 0 aliphatic heterocycles. The zero-order chi connectivity index (χ0) is 12.5. The van der Waals surface area contributed by atoms with Gasteiger partial charge < -0.3 is 14.8 Å². The molecule has 0 radical (unpaired) electrons. The fourth-order valence-corrected chi connectivity index (χ4v) is 3.58. The van der Waals surface area contributed by atoms with Gasteiger partial charge in [-0.1, -0.05) is 13.3 Å². The second-order valence-corrected chi connectivity index (χ2v) is 5.80. The van der Waals surface area contributed by atoms with Crippen LogP contribution in [-0.2, 0) is 9.47 Å². The summed E-state index contributed by atoms with van der Waals surface area (Å²) in [6.45, 7) is 8.50. The van der Waals surface area contributed by atoms with Gasteiger partial charge in [0.2, 0.25) is 0 Å². The highest BCUT2D eigenvalue weighted by molar-refractivity contribution is 7.99. The number of hydrogen-bond donors (Lipinski definition) is 1. The molecule has 0 aromatic rings. The first-order valence-electron chi connectivity index (χ1n) is 6.89. The van der Waals surface area contributed by atoms with Gasteiger partial charge in [-0.15, -0.1) is 0 Å². The van der Waals surface area contributed by atoms with Gasteiger partial charge >= 0.3 is 0 Å². The van der Waals surface area contributed by atoms with E-state index in [4.69, 9.17) is 9.47 Å². The van der Waals surface area contributed by atoms with Gasteiger partial charge in [-0.3, -0.25) is 0 Å². The summed E-state index contributed by atoms with van der Waals surface area (Å²) < 4.78 is 11.1. The van der Waals surface area contributed by atoms with E-state index in [1.54, 1.807) is 0 Å². The lowest BCUT2D eigenvalue weighted by Gasteiger charge is -2.24. The Morgan fingerprint density at radius 2 is 1.88 bits per heavy atom. The second kappa shape index (κ2) is 9.20. The minimum absolute atomic E-state index is 0.0853. The first kappa shape index (κ1) is 15.3. The quantitative estimate of drug-likeness (QED) is 0.646. The Kier molecular flexibility index (Phi) is 8.27. The van der Waals surface area contributed by atoms with E-state index in [9.17, 15) is 0 Å². The highest BCUT2D eigenvalue weighted by atomic mass is 32.2. The molecule has 0 spiro atoms. The molecule has 1 fully saturated rings. The van der Waals surface area contributed by atoms with Crippen molar-refractivity contribution in [2.45, 2.75) is 57.6 Å². The van der Waals surface area contributed by atoms with Crippen LogP contribution in [0.25, 0.3) is 0 Å². The van der Waals surface area contributed by atoms with Crippen LogP contribution in [0, 0.1) is 0 Å². The smallest absolute Gasteiger partial charge is 0.169 e.